The second-order valence-corrected chi connectivity index (χ2v) is 6.11. The second-order valence-electron chi connectivity index (χ2n) is 6.11. The first-order chi connectivity index (χ1) is 13.8. The molecule has 2 rings (SSSR count). The van der Waals surface area contributed by atoms with Gasteiger partial charge in [0.2, 0.25) is 0 Å². The predicted octanol–water partition coefficient (Wildman–Crippen LogP) is 3.49. The van der Waals surface area contributed by atoms with Crippen molar-refractivity contribution < 1.29 is 28.7 Å². The largest absolute Gasteiger partial charge is 0.495 e. The lowest BCUT2D eigenvalue weighted by atomic mass is 10.2. The Balaban J connectivity index is 2.12. The van der Waals surface area contributed by atoms with Crippen LogP contribution in [0.25, 0.3) is 0 Å². The number of benzene rings is 2. The van der Waals surface area contributed by atoms with E-state index in [1.165, 1.54) is 26.2 Å². The number of amides is 1. The number of rotatable bonds is 8. The normalized spacial score (nSPS) is 11.3. The molecule has 0 saturated heterocycles. The molecule has 9 nitrogen and oxygen atoms in total. The zero-order chi connectivity index (χ0) is 21.6. The highest BCUT2D eigenvalue weighted by atomic mass is 16.6. The van der Waals surface area contributed by atoms with E-state index in [2.05, 4.69) is 5.32 Å². The average molecular weight is 402 g/mol. The highest BCUT2D eigenvalue weighted by molar-refractivity contribution is 5.98. The molecule has 9 heteroatoms. The average Bonchev–Trinajstić information content (AvgIpc) is 2.68. The number of nitrogens with one attached hydrogen (secondary N) is 1. The molecule has 0 aromatic heterocycles. The number of methoxy groups -OCH3 is 1. The lowest BCUT2D eigenvalue weighted by molar-refractivity contribution is -0.385. The van der Waals surface area contributed by atoms with E-state index in [0.29, 0.717) is 11.4 Å². The minimum Gasteiger partial charge on any atom is -0.495 e. The van der Waals surface area contributed by atoms with E-state index < -0.39 is 22.9 Å². The first-order valence-corrected chi connectivity index (χ1v) is 8.84. The van der Waals surface area contributed by atoms with Gasteiger partial charge in [-0.15, -0.1) is 0 Å². The number of carbonyl (C=O) groups excluding carboxylic acids is 2. The van der Waals surface area contributed by atoms with E-state index in [4.69, 9.17) is 14.2 Å². The number of hydrogen-bond acceptors (Lipinski definition) is 7. The Morgan fingerprint density at radius 3 is 2.48 bits per heavy atom. The molecule has 0 spiro atoms. The van der Waals surface area contributed by atoms with Gasteiger partial charge in [0.25, 0.3) is 5.91 Å². The maximum absolute atomic E-state index is 12.4. The van der Waals surface area contributed by atoms with Gasteiger partial charge in [0.15, 0.2) is 11.9 Å². The van der Waals surface area contributed by atoms with Gasteiger partial charge >= 0.3 is 11.7 Å². The van der Waals surface area contributed by atoms with Crippen molar-refractivity contribution >= 4 is 23.3 Å². The molecule has 0 saturated carbocycles. The van der Waals surface area contributed by atoms with Crippen LogP contribution in [0.2, 0.25) is 0 Å². The molecule has 0 heterocycles. The van der Waals surface area contributed by atoms with Gasteiger partial charge in [-0.3, -0.25) is 14.9 Å². The van der Waals surface area contributed by atoms with Crippen molar-refractivity contribution in [2.24, 2.45) is 0 Å². The summed E-state index contributed by atoms with van der Waals surface area (Å²) in [5.74, 6) is -0.923. The Labute approximate surface area is 167 Å². The van der Waals surface area contributed by atoms with E-state index in [1.54, 1.807) is 19.1 Å². The number of nitro groups is 1. The van der Waals surface area contributed by atoms with Crippen LogP contribution in [0, 0.1) is 17.0 Å². The number of nitro benzene ring substituents is 1. The quantitative estimate of drug-likeness (QED) is 0.408. The van der Waals surface area contributed by atoms with Crippen molar-refractivity contribution in [1.82, 2.24) is 0 Å². The summed E-state index contributed by atoms with van der Waals surface area (Å²) in [6.45, 7) is 5.19. The highest BCUT2D eigenvalue weighted by Crippen LogP contribution is 2.29. The minimum atomic E-state index is -1.14. The van der Waals surface area contributed by atoms with Gasteiger partial charge in [0, 0.05) is 6.07 Å². The van der Waals surface area contributed by atoms with Crippen LogP contribution in [0.15, 0.2) is 36.4 Å². The first-order valence-electron chi connectivity index (χ1n) is 8.84. The third kappa shape index (κ3) is 5.44. The van der Waals surface area contributed by atoms with Crippen LogP contribution in [0.5, 0.6) is 11.5 Å². The number of nitrogens with zero attached hydrogens (tertiary/aromatic N) is 1. The molecular formula is C20H22N2O7. The highest BCUT2D eigenvalue weighted by Gasteiger charge is 2.23. The van der Waals surface area contributed by atoms with E-state index >= 15 is 0 Å². The van der Waals surface area contributed by atoms with Crippen molar-refractivity contribution in [2.45, 2.75) is 26.9 Å². The van der Waals surface area contributed by atoms with Crippen molar-refractivity contribution in [3.05, 3.63) is 57.6 Å². The molecule has 0 aliphatic carbocycles. The van der Waals surface area contributed by atoms with Gasteiger partial charge in [-0.05, 0) is 50.6 Å². The first kappa shape index (κ1) is 21.7. The summed E-state index contributed by atoms with van der Waals surface area (Å²) < 4.78 is 15.5. The van der Waals surface area contributed by atoms with Crippen molar-refractivity contribution in [1.29, 1.82) is 0 Å². The molecule has 1 N–H and O–H groups in total. The van der Waals surface area contributed by atoms with Crippen molar-refractivity contribution in [2.75, 3.05) is 19.0 Å². The van der Waals surface area contributed by atoms with E-state index in [9.17, 15) is 19.7 Å². The molecule has 0 aliphatic rings. The molecule has 29 heavy (non-hydrogen) atoms. The van der Waals surface area contributed by atoms with Crippen LogP contribution >= 0.6 is 0 Å². The van der Waals surface area contributed by atoms with Gasteiger partial charge in [-0.1, -0.05) is 6.07 Å². The van der Waals surface area contributed by atoms with Crippen LogP contribution in [0.3, 0.4) is 0 Å². The van der Waals surface area contributed by atoms with Crippen LogP contribution in [-0.2, 0) is 9.53 Å². The maximum Gasteiger partial charge on any atom is 0.339 e. The smallest absolute Gasteiger partial charge is 0.339 e. The Bertz CT molecular complexity index is 927. The Kier molecular flexibility index (Phi) is 7.13. The fourth-order valence-corrected chi connectivity index (χ4v) is 2.50. The summed E-state index contributed by atoms with van der Waals surface area (Å²) in [6.07, 6.45) is -1.14. The van der Waals surface area contributed by atoms with Crippen LogP contribution in [0.1, 0.15) is 29.8 Å². The van der Waals surface area contributed by atoms with Gasteiger partial charge in [0.05, 0.1) is 29.9 Å². The Hall–Kier alpha value is -3.62. The zero-order valence-corrected chi connectivity index (χ0v) is 16.6. The lowest BCUT2D eigenvalue weighted by Gasteiger charge is -2.16. The molecular weight excluding hydrogens is 380 g/mol. The third-order valence-corrected chi connectivity index (χ3v) is 3.96. The van der Waals surface area contributed by atoms with E-state index in [1.807, 2.05) is 13.0 Å². The minimum absolute atomic E-state index is 0.0476. The van der Waals surface area contributed by atoms with Gasteiger partial charge in [-0.2, -0.15) is 0 Å². The zero-order valence-electron chi connectivity index (χ0n) is 16.6. The molecule has 0 fully saturated rings. The topological polar surface area (TPSA) is 117 Å². The summed E-state index contributed by atoms with van der Waals surface area (Å²) in [4.78, 5) is 35.3. The van der Waals surface area contributed by atoms with Gasteiger partial charge < -0.3 is 19.5 Å². The summed E-state index contributed by atoms with van der Waals surface area (Å²) in [5, 5.41) is 13.8. The number of aryl methyl sites for hydroxylation is 1. The summed E-state index contributed by atoms with van der Waals surface area (Å²) in [6, 6.07) is 8.98. The van der Waals surface area contributed by atoms with E-state index in [0.717, 1.165) is 11.6 Å². The maximum atomic E-state index is 12.4. The standard InChI is InChI=1S/C20H22N2O7/c1-5-28-18-9-7-14(11-16(18)22(25)26)20(24)29-13(3)19(23)21-15-10-12(2)6-8-17(15)27-4/h6-11,13H,5H2,1-4H3,(H,21,23). The Morgan fingerprint density at radius 1 is 1.17 bits per heavy atom. The fraction of sp³-hybridized carbons (Fsp3) is 0.300. The summed E-state index contributed by atoms with van der Waals surface area (Å²) >= 11 is 0. The molecule has 0 radical (unpaired) electrons. The molecule has 2 aromatic rings. The number of carbonyl (C=O) groups is 2. The number of ether oxygens (including phenoxy) is 3. The molecule has 1 unspecified atom stereocenters. The molecule has 0 bridgehead atoms. The van der Waals surface area contributed by atoms with Gasteiger partial charge in [-0.25, -0.2) is 4.79 Å². The number of hydrogen-bond donors (Lipinski definition) is 1. The van der Waals surface area contributed by atoms with Crippen molar-refractivity contribution in [3.63, 3.8) is 0 Å². The fourth-order valence-electron chi connectivity index (χ4n) is 2.50. The molecule has 154 valence electrons. The summed E-state index contributed by atoms with van der Waals surface area (Å²) in [5.41, 5.74) is 0.931. The van der Waals surface area contributed by atoms with Crippen LogP contribution in [-0.4, -0.2) is 36.6 Å². The van der Waals surface area contributed by atoms with Crippen LogP contribution in [0.4, 0.5) is 11.4 Å². The summed E-state index contributed by atoms with van der Waals surface area (Å²) in [7, 11) is 1.47. The molecule has 1 amide bonds. The van der Waals surface area contributed by atoms with E-state index in [-0.39, 0.29) is 23.6 Å². The lowest BCUT2D eigenvalue weighted by Crippen LogP contribution is -2.30. The molecule has 1 atom stereocenters. The Morgan fingerprint density at radius 2 is 1.86 bits per heavy atom. The van der Waals surface area contributed by atoms with Gasteiger partial charge in [0.1, 0.15) is 5.75 Å². The second kappa shape index (κ2) is 9.54. The number of anilines is 1. The predicted molar refractivity (Wildman–Crippen MR) is 106 cm³/mol. The monoisotopic (exact) mass is 402 g/mol. The number of esters is 1. The molecule has 2 aromatic carbocycles. The third-order valence-electron chi connectivity index (χ3n) is 3.96. The molecule has 0 aliphatic heterocycles. The SMILES string of the molecule is CCOc1ccc(C(=O)OC(C)C(=O)Nc2cc(C)ccc2OC)cc1[N+](=O)[O-]. The van der Waals surface area contributed by atoms with Crippen molar-refractivity contribution in [3.8, 4) is 11.5 Å². The van der Waals surface area contributed by atoms with Crippen LogP contribution < -0.4 is 14.8 Å².